The third-order valence-electron chi connectivity index (χ3n) is 3.91. The van der Waals surface area contributed by atoms with Crippen LogP contribution in [0.2, 0.25) is 0 Å². The fraction of sp³-hybridized carbons (Fsp3) is 0.400. The zero-order chi connectivity index (χ0) is 13.2. The lowest BCUT2D eigenvalue weighted by Gasteiger charge is -2.29. The molecule has 4 nitrogen and oxygen atoms in total. The Balaban J connectivity index is 1.76. The SMILES string of the molecule is N[C@@H]1CCCC[C@H]1NC(=O)c1cc2ccccc2[nH]1. The van der Waals surface area contributed by atoms with E-state index in [-0.39, 0.29) is 18.0 Å². The van der Waals surface area contributed by atoms with E-state index in [9.17, 15) is 4.79 Å². The molecule has 1 aromatic carbocycles. The summed E-state index contributed by atoms with van der Waals surface area (Å²) < 4.78 is 0. The Morgan fingerprint density at radius 2 is 2.05 bits per heavy atom. The molecule has 1 aromatic heterocycles. The maximum absolute atomic E-state index is 12.2. The molecule has 1 aliphatic carbocycles. The summed E-state index contributed by atoms with van der Waals surface area (Å²) in [7, 11) is 0. The normalized spacial score (nSPS) is 23.4. The first-order valence-corrected chi connectivity index (χ1v) is 6.88. The molecular weight excluding hydrogens is 238 g/mol. The van der Waals surface area contributed by atoms with Crippen molar-refractivity contribution in [1.82, 2.24) is 10.3 Å². The minimum Gasteiger partial charge on any atom is -0.351 e. The van der Waals surface area contributed by atoms with Crippen molar-refractivity contribution >= 4 is 16.8 Å². The number of hydrogen-bond acceptors (Lipinski definition) is 2. The van der Waals surface area contributed by atoms with Crippen LogP contribution in [0.15, 0.2) is 30.3 Å². The Kier molecular flexibility index (Phi) is 3.25. The summed E-state index contributed by atoms with van der Waals surface area (Å²) in [5, 5.41) is 4.11. The number of hydrogen-bond donors (Lipinski definition) is 3. The van der Waals surface area contributed by atoms with Crippen LogP contribution in [0.25, 0.3) is 10.9 Å². The van der Waals surface area contributed by atoms with Crippen molar-refractivity contribution in [3.8, 4) is 0 Å². The zero-order valence-corrected chi connectivity index (χ0v) is 10.9. The molecule has 4 N–H and O–H groups in total. The molecule has 1 heterocycles. The van der Waals surface area contributed by atoms with Gasteiger partial charge in [0.15, 0.2) is 0 Å². The third-order valence-corrected chi connectivity index (χ3v) is 3.91. The Morgan fingerprint density at radius 1 is 1.26 bits per heavy atom. The number of carbonyl (C=O) groups excluding carboxylic acids is 1. The molecule has 2 aromatic rings. The number of carbonyl (C=O) groups is 1. The van der Waals surface area contributed by atoms with E-state index >= 15 is 0 Å². The third kappa shape index (κ3) is 2.49. The van der Waals surface area contributed by atoms with Gasteiger partial charge < -0.3 is 16.0 Å². The Morgan fingerprint density at radius 3 is 2.84 bits per heavy atom. The summed E-state index contributed by atoms with van der Waals surface area (Å²) in [6, 6.07) is 9.97. The molecule has 1 saturated carbocycles. The molecule has 100 valence electrons. The number of nitrogens with two attached hydrogens (primary N) is 1. The molecule has 0 bridgehead atoms. The van der Waals surface area contributed by atoms with Crippen LogP contribution in [0, 0.1) is 0 Å². The molecule has 0 saturated heterocycles. The van der Waals surface area contributed by atoms with Gasteiger partial charge in [0.2, 0.25) is 0 Å². The fourth-order valence-corrected chi connectivity index (χ4v) is 2.78. The van der Waals surface area contributed by atoms with E-state index in [1.165, 1.54) is 6.42 Å². The lowest BCUT2D eigenvalue weighted by molar-refractivity contribution is 0.0917. The van der Waals surface area contributed by atoms with Gasteiger partial charge in [-0.2, -0.15) is 0 Å². The Hall–Kier alpha value is -1.81. The second-order valence-electron chi connectivity index (χ2n) is 5.30. The van der Waals surface area contributed by atoms with Crippen LogP contribution in [-0.4, -0.2) is 23.0 Å². The van der Waals surface area contributed by atoms with Gasteiger partial charge in [-0.05, 0) is 25.0 Å². The number of aromatic amines is 1. The lowest BCUT2D eigenvalue weighted by Crippen LogP contribution is -2.49. The monoisotopic (exact) mass is 257 g/mol. The number of nitrogens with one attached hydrogen (secondary N) is 2. The quantitative estimate of drug-likeness (QED) is 0.771. The van der Waals surface area contributed by atoms with E-state index in [0.717, 1.165) is 30.2 Å². The van der Waals surface area contributed by atoms with Crippen molar-refractivity contribution < 1.29 is 4.79 Å². The second-order valence-corrected chi connectivity index (χ2v) is 5.30. The summed E-state index contributed by atoms with van der Waals surface area (Å²) in [5.41, 5.74) is 7.65. The van der Waals surface area contributed by atoms with Crippen molar-refractivity contribution in [1.29, 1.82) is 0 Å². The summed E-state index contributed by atoms with van der Waals surface area (Å²) in [5.74, 6) is -0.0569. The molecule has 19 heavy (non-hydrogen) atoms. The predicted molar refractivity (Wildman–Crippen MR) is 76.0 cm³/mol. The standard InChI is InChI=1S/C15H19N3O/c16-11-6-2-4-8-13(11)18-15(19)14-9-10-5-1-3-7-12(10)17-14/h1,3,5,7,9,11,13,17H,2,4,6,8,16H2,(H,18,19)/t11-,13-/m1/s1. The van der Waals surface area contributed by atoms with Crippen LogP contribution in [0.1, 0.15) is 36.2 Å². The van der Waals surface area contributed by atoms with Crippen LogP contribution >= 0.6 is 0 Å². The molecule has 3 rings (SSSR count). The number of fused-ring (bicyclic) bond motifs is 1. The van der Waals surface area contributed by atoms with Crippen molar-refractivity contribution in [2.45, 2.75) is 37.8 Å². The van der Waals surface area contributed by atoms with Gasteiger partial charge in [0.25, 0.3) is 5.91 Å². The van der Waals surface area contributed by atoms with Gasteiger partial charge in [0.1, 0.15) is 5.69 Å². The van der Waals surface area contributed by atoms with Gasteiger partial charge in [-0.3, -0.25) is 4.79 Å². The summed E-state index contributed by atoms with van der Waals surface area (Å²) in [6.07, 6.45) is 4.29. The topological polar surface area (TPSA) is 70.9 Å². The first-order valence-electron chi connectivity index (χ1n) is 6.88. The highest BCUT2D eigenvalue weighted by molar-refractivity contribution is 5.98. The second kappa shape index (κ2) is 5.05. The molecule has 0 radical (unpaired) electrons. The van der Waals surface area contributed by atoms with Gasteiger partial charge in [-0.25, -0.2) is 0 Å². The van der Waals surface area contributed by atoms with E-state index in [2.05, 4.69) is 10.3 Å². The summed E-state index contributed by atoms with van der Waals surface area (Å²) in [6.45, 7) is 0. The number of H-pyrrole nitrogens is 1. The maximum Gasteiger partial charge on any atom is 0.268 e. The maximum atomic E-state index is 12.2. The Bertz CT molecular complexity index is 557. The van der Waals surface area contributed by atoms with Gasteiger partial charge >= 0.3 is 0 Å². The van der Waals surface area contributed by atoms with Gasteiger partial charge in [0, 0.05) is 23.0 Å². The van der Waals surface area contributed by atoms with Gasteiger partial charge in [0.05, 0.1) is 0 Å². The van der Waals surface area contributed by atoms with Crippen molar-refractivity contribution in [2.24, 2.45) is 5.73 Å². The van der Waals surface area contributed by atoms with Crippen LogP contribution in [0.4, 0.5) is 0 Å². The lowest BCUT2D eigenvalue weighted by atomic mass is 9.91. The van der Waals surface area contributed by atoms with Crippen LogP contribution < -0.4 is 11.1 Å². The number of amides is 1. The van der Waals surface area contributed by atoms with Crippen molar-refractivity contribution in [2.75, 3.05) is 0 Å². The fourth-order valence-electron chi connectivity index (χ4n) is 2.78. The van der Waals surface area contributed by atoms with E-state index in [1.54, 1.807) is 0 Å². The summed E-state index contributed by atoms with van der Waals surface area (Å²) >= 11 is 0. The van der Waals surface area contributed by atoms with E-state index in [4.69, 9.17) is 5.73 Å². The van der Waals surface area contributed by atoms with E-state index in [0.29, 0.717) is 5.69 Å². The highest BCUT2D eigenvalue weighted by Crippen LogP contribution is 2.18. The molecule has 0 aliphatic heterocycles. The van der Waals surface area contributed by atoms with Gasteiger partial charge in [-0.1, -0.05) is 31.0 Å². The smallest absolute Gasteiger partial charge is 0.268 e. The number of benzene rings is 1. The first kappa shape index (κ1) is 12.2. The van der Waals surface area contributed by atoms with Crippen LogP contribution in [0.5, 0.6) is 0 Å². The highest BCUT2D eigenvalue weighted by atomic mass is 16.1. The molecule has 1 aliphatic rings. The molecule has 1 fully saturated rings. The molecule has 2 atom stereocenters. The van der Waals surface area contributed by atoms with E-state index in [1.807, 2.05) is 30.3 Å². The predicted octanol–water partition coefficient (Wildman–Crippen LogP) is 2.17. The minimum absolute atomic E-state index is 0.0569. The van der Waals surface area contributed by atoms with Crippen molar-refractivity contribution in [3.63, 3.8) is 0 Å². The Labute approximate surface area is 112 Å². The number of para-hydroxylation sites is 1. The molecule has 4 heteroatoms. The first-order chi connectivity index (χ1) is 9.24. The number of aromatic nitrogens is 1. The van der Waals surface area contributed by atoms with Crippen LogP contribution in [0.3, 0.4) is 0 Å². The van der Waals surface area contributed by atoms with Crippen molar-refractivity contribution in [3.05, 3.63) is 36.0 Å². The molecule has 0 unspecified atom stereocenters. The average Bonchev–Trinajstić information content (AvgIpc) is 2.85. The van der Waals surface area contributed by atoms with E-state index < -0.39 is 0 Å². The van der Waals surface area contributed by atoms with Gasteiger partial charge in [-0.15, -0.1) is 0 Å². The average molecular weight is 257 g/mol. The van der Waals surface area contributed by atoms with Crippen LogP contribution in [-0.2, 0) is 0 Å². The summed E-state index contributed by atoms with van der Waals surface area (Å²) in [4.78, 5) is 15.4. The molecular formula is C15H19N3O. The zero-order valence-electron chi connectivity index (χ0n) is 10.9. The molecule has 0 spiro atoms. The highest BCUT2D eigenvalue weighted by Gasteiger charge is 2.24. The largest absolute Gasteiger partial charge is 0.351 e. The molecule has 1 amide bonds. The minimum atomic E-state index is -0.0569. The number of rotatable bonds is 2.